The summed E-state index contributed by atoms with van der Waals surface area (Å²) in [6.45, 7) is 8.26. The summed E-state index contributed by atoms with van der Waals surface area (Å²) in [6, 6.07) is 0. The number of ether oxygens (including phenoxy) is 2. The van der Waals surface area contributed by atoms with Crippen molar-refractivity contribution in [2.45, 2.75) is 90.7 Å². The zero-order valence-corrected chi connectivity index (χ0v) is 21.6. The van der Waals surface area contributed by atoms with Crippen molar-refractivity contribution in [2.24, 2.45) is 11.8 Å². The third-order valence-electron chi connectivity index (χ3n) is 4.99. The van der Waals surface area contributed by atoms with Gasteiger partial charge in [-0.2, -0.15) is 0 Å². The third-order valence-corrected chi connectivity index (χ3v) is 6.05. The molecule has 0 N–H and O–H groups in total. The molecule has 0 aliphatic carbocycles. The molecule has 0 aliphatic rings. The van der Waals surface area contributed by atoms with E-state index < -0.39 is 33.7 Å². The van der Waals surface area contributed by atoms with Gasteiger partial charge >= 0.3 is 41.5 Å². The second-order valence-corrected chi connectivity index (χ2v) is 8.89. The summed E-state index contributed by atoms with van der Waals surface area (Å²) in [5.74, 6) is -1.74. The van der Waals surface area contributed by atoms with Crippen molar-refractivity contribution in [3.63, 3.8) is 0 Å². The summed E-state index contributed by atoms with van der Waals surface area (Å²) in [7, 11) is -5.01. The molecule has 0 saturated heterocycles. The van der Waals surface area contributed by atoms with Gasteiger partial charge in [0.2, 0.25) is 0 Å². The first-order valence-corrected chi connectivity index (χ1v) is 11.9. The van der Waals surface area contributed by atoms with E-state index in [1.165, 1.54) is 0 Å². The molecule has 0 aromatic heterocycles. The molecule has 0 aliphatic heterocycles. The van der Waals surface area contributed by atoms with Gasteiger partial charge in [0, 0.05) is 0 Å². The number of unbranched alkanes of at least 4 members (excludes halogenated alkanes) is 2. The van der Waals surface area contributed by atoms with Crippen LogP contribution in [0, 0.1) is 11.8 Å². The fourth-order valence-corrected chi connectivity index (χ4v) is 3.46. The molecule has 0 saturated carbocycles. The molecule has 166 valence electrons. The molecular formula is C20H37NaO7S. The maximum Gasteiger partial charge on any atom is 1.00 e. The van der Waals surface area contributed by atoms with Gasteiger partial charge in [0.15, 0.2) is 5.25 Å². The first kappa shape index (κ1) is 31.0. The standard InChI is InChI=1S/C20H38O7S.Na/c1-5-9-11-16(7-3)14-26-19(21)13-18(28(23,24)25)20(22)27-15-17(8-4)12-10-6-2;/h16-18H,5-15H2,1-4H3,(H,23,24,25);/q;+1/p-1/t16-,17+,18+;/m1./s1. The number of esters is 2. The quantitative estimate of drug-likeness (QED) is 0.197. The molecule has 3 atom stereocenters. The zero-order valence-electron chi connectivity index (χ0n) is 18.8. The molecular weight excluding hydrogens is 407 g/mol. The molecule has 0 aromatic rings. The molecule has 0 bridgehead atoms. The van der Waals surface area contributed by atoms with Gasteiger partial charge in [0.05, 0.1) is 19.6 Å². The number of rotatable bonds is 16. The van der Waals surface area contributed by atoms with Crippen LogP contribution in [0.2, 0.25) is 0 Å². The molecule has 0 fully saturated rings. The molecule has 0 spiro atoms. The number of carbonyl (C=O) groups excluding carboxylic acids is 2. The largest absolute Gasteiger partial charge is 1.00 e. The van der Waals surface area contributed by atoms with E-state index in [1.807, 2.05) is 13.8 Å². The Balaban J connectivity index is 0. The Kier molecular flexibility index (Phi) is 18.8. The molecule has 0 heterocycles. The average molecular weight is 445 g/mol. The van der Waals surface area contributed by atoms with Crippen molar-refractivity contribution in [1.29, 1.82) is 0 Å². The molecule has 9 heteroatoms. The van der Waals surface area contributed by atoms with Crippen LogP contribution < -0.4 is 29.6 Å². The first-order valence-electron chi connectivity index (χ1n) is 10.5. The van der Waals surface area contributed by atoms with Gasteiger partial charge in [0.25, 0.3) is 0 Å². The van der Waals surface area contributed by atoms with Crippen LogP contribution in [0.1, 0.15) is 85.5 Å². The van der Waals surface area contributed by atoms with E-state index in [0.29, 0.717) is 0 Å². The van der Waals surface area contributed by atoms with Gasteiger partial charge in [-0.3, -0.25) is 9.59 Å². The maximum atomic E-state index is 12.1. The minimum Gasteiger partial charge on any atom is -0.747 e. The van der Waals surface area contributed by atoms with E-state index in [4.69, 9.17) is 9.47 Å². The fraction of sp³-hybridized carbons (Fsp3) is 0.900. The summed E-state index contributed by atoms with van der Waals surface area (Å²) in [4.78, 5) is 24.1. The summed E-state index contributed by atoms with van der Waals surface area (Å²) >= 11 is 0. The Hall–Kier alpha value is -0.150. The van der Waals surface area contributed by atoms with Crippen molar-refractivity contribution in [3.05, 3.63) is 0 Å². The minimum atomic E-state index is -5.01. The van der Waals surface area contributed by atoms with Crippen LogP contribution in [0.15, 0.2) is 0 Å². The third kappa shape index (κ3) is 14.5. The second kappa shape index (κ2) is 17.5. The molecule has 0 rings (SSSR count). The number of hydrogen-bond acceptors (Lipinski definition) is 7. The predicted octanol–water partition coefficient (Wildman–Crippen LogP) is 0.814. The normalized spacial score (nSPS) is 14.4. The van der Waals surface area contributed by atoms with E-state index in [1.54, 1.807) is 0 Å². The molecule has 0 aromatic carbocycles. The Morgan fingerprint density at radius 3 is 1.69 bits per heavy atom. The smallest absolute Gasteiger partial charge is 0.747 e. The van der Waals surface area contributed by atoms with Gasteiger partial charge < -0.3 is 14.0 Å². The van der Waals surface area contributed by atoms with Crippen molar-refractivity contribution in [3.8, 4) is 0 Å². The Morgan fingerprint density at radius 2 is 1.31 bits per heavy atom. The van der Waals surface area contributed by atoms with E-state index in [0.717, 1.165) is 51.4 Å². The van der Waals surface area contributed by atoms with Gasteiger partial charge in [0.1, 0.15) is 10.1 Å². The average Bonchev–Trinajstić information content (AvgIpc) is 2.65. The van der Waals surface area contributed by atoms with Gasteiger partial charge in [-0.25, -0.2) is 8.42 Å². The van der Waals surface area contributed by atoms with Crippen LogP contribution in [-0.4, -0.2) is 43.4 Å². The van der Waals surface area contributed by atoms with Crippen LogP contribution in [0.4, 0.5) is 0 Å². The Labute approximate surface area is 198 Å². The maximum absolute atomic E-state index is 12.1. The monoisotopic (exact) mass is 444 g/mol. The van der Waals surface area contributed by atoms with Crippen molar-refractivity contribution in [2.75, 3.05) is 13.2 Å². The second-order valence-electron chi connectivity index (χ2n) is 7.33. The molecule has 0 radical (unpaired) electrons. The van der Waals surface area contributed by atoms with Crippen LogP contribution in [-0.2, 0) is 29.2 Å². The molecule has 29 heavy (non-hydrogen) atoms. The predicted molar refractivity (Wildman–Crippen MR) is 107 cm³/mol. The van der Waals surface area contributed by atoms with Crippen LogP contribution >= 0.6 is 0 Å². The Morgan fingerprint density at radius 1 is 0.862 bits per heavy atom. The van der Waals surface area contributed by atoms with E-state index in [2.05, 4.69) is 13.8 Å². The molecule has 7 nitrogen and oxygen atoms in total. The van der Waals surface area contributed by atoms with E-state index >= 15 is 0 Å². The van der Waals surface area contributed by atoms with Gasteiger partial charge in [-0.1, -0.05) is 66.2 Å². The zero-order chi connectivity index (χ0) is 21.6. The van der Waals surface area contributed by atoms with Crippen LogP contribution in [0.3, 0.4) is 0 Å². The van der Waals surface area contributed by atoms with Crippen LogP contribution in [0.5, 0.6) is 0 Å². The Bertz CT molecular complexity index is 551. The molecule has 0 unspecified atom stereocenters. The van der Waals surface area contributed by atoms with Crippen molar-refractivity contribution >= 4 is 22.1 Å². The van der Waals surface area contributed by atoms with Crippen molar-refractivity contribution < 1.29 is 61.6 Å². The van der Waals surface area contributed by atoms with E-state index in [9.17, 15) is 22.6 Å². The fourth-order valence-electron chi connectivity index (χ4n) is 2.81. The summed E-state index contributed by atoms with van der Waals surface area (Å²) in [5, 5.41) is -2.06. The summed E-state index contributed by atoms with van der Waals surface area (Å²) < 4.78 is 44.6. The summed E-state index contributed by atoms with van der Waals surface area (Å²) in [5.41, 5.74) is 0. The number of carbonyl (C=O) groups is 2. The topological polar surface area (TPSA) is 110 Å². The van der Waals surface area contributed by atoms with Gasteiger partial charge in [-0.15, -0.1) is 0 Å². The van der Waals surface area contributed by atoms with E-state index in [-0.39, 0.29) is 54.6 Å². The first-order chi connectivity index (χ1) is 13.2. The van der Waals surface area contributed by atoms with Gasteiger partial charge in [-0.05, 0) is 24.7 Å². The van der Waals surface area contributed by atoms with Crippen molar-refractivity contribution in [1.82, 2.24) is 0 Å². The SMILES string of the molecule is CCCC[C@@H](CC)COC(=O)C[C@@H](C(=O)OC[C@@H](CC)CCCC)S(=O)(=O)[O-].[Na+]. The summed E-state index contributed by atoms with van der Waals surface area (Å²) in [6.07, 6.45) is 6.58. The van der Waals surface area contributed by atoms with Crippen LogP contribution in [0.25, 0.3) is 0 Å². The molecule has 0 amide bonds. The number of hydrogen-bond donors (Lipinski definition) is 0. The minimum absolute atomic E-state index is 0.